The molecule has 0 aliphatic carbocycles. The minimum absolute atomic E-state index is 0.254. The minimum atomic E-state index is 0.254. The number of halogens is 1. The van der Waals surface area contributed by atoms with Crippen LogP contribution in [0.3, 0.4) is 0 Å². The van der Waals surface area contributed by atoms with Crippen molar-refractivity contribution in [2.45, 2.75) is 19.9 Å². The number of nitrogens with one attached hydrogen (secondary N) is 1. The quantitative estimate of drug-likeness (QED) is 0.698. The van der Waals surface area contributed by atoms with Crippen LogP contribution in [0.25, 0.3) is 10.2 Å². The first-order valence-electron chi connectivity index (χ1n) is 6.47. The van der Waals surface area contributed by atoms with E-state index in [1.165, 1.54) is 4.88 Å². The highest BCUT2D eigenvalue weighted by Gasteiger charge is 2.15. The van der Waals surface area contributed by atoms with Gasteiger partial charge in [-0.2, -0.15) is 4.98 Å². The van der Waals surface area contributed by atoms with Gasteiger partial charge in [-0.3, -0.25) is 0 Å². The van der Waals surface area contributed by atoms with Gasteiger partial charge in [-0.1, -0.05) is 0 Å². The number of aromatic nitrogens is 3. The van der Waals surface area contributed by atoms with Crippen molar-refractivity contribution in [2.75, 3.05) is 11.9 Å². The maximum atomic E-state index is 6.05. The molecule has 0 saturated heterocycles. The Morgan fingerprint density at radius 1 is 1.38 bits per heavy atom. The van der Waals surface area contributed by atoms with E-state index in [1.54, 1.807) is 28.9 Å². The van der Waals surface area contributed by atoms with E-state index in [0.29, 0.717) is 13.1 Å². The van der Waals surface area contributed by atoms with Crippen LogP contribution in [0.2, 0.25) is 5.28 Å². The lowest BCUT2D eigenvalue weighted by Crippen LogP contribution is -2.02. The molecule has 0 fully saturated rings. The van der Waals surface area contributed by atoms with Crippen molar-refractivity contribution in [2.24, 2.45) is 5.73 Å². The first-order chi connectivity index (χ1) is 10.2. The fourth-order valence-electron chi connectivity index (χ4n) is 2.09. The Hall–Kier alpha value is -1.28. The SMILES string of the molecule is Cc1c(CCN)sc2c(NCc3nccs3)nc(Cl)nc12. The van der Waals surface area contributed by atoms with Gasteiger partial charge in [-0.25, -0.2) is 9.97 Å². The third-order valence-electron chi connectivity index (χ3n) is 3.10. The molecule has 110 valence electrons. The highest BCUT2D eigenvalue weighted by atomic mass is 35.5. The minimum Gasteiger partial charge on any atom is -0.362 e. The van der Waals surface area contributed by atoms with Gasteiger partial charge in [0.05, 0.1) is 16.8 Å². The number of nitrogens with zero attached hydrogens (tertiary/aromatic N) is 3. The van der Waals surface area contributed by atoms with Gasteiger partial charge in [0.25, 0.3) is 0 Å². The molecule has 0 aromatic carbocycles. The summed E-state index contributed by atoms with van der Waals surface area (Å²) in [6, 6.07) is 0. The number of anilines is 1. The summed E-state index contributed by atoms with van der Waals surface area (Å²) in [6.07, 6.45) is 2.63. The zero-order valence-electron chi connectivity index (χ0n) is 11.4. The number of hydrogen-bond donors (Lipinski definition) is 2. The summed E-state index contributed by atoms with van der Waals surface area (Å²) in [7, 11) is 0. The molecule has 3 rings (SSSR count). The molecule has 0 atom stereocenters. The van der Waals surface area contributed by atoms with Crippen molar-refractivity contribution in [1.29, 1.82) is 0 Å². The molecule has 21 heavy (non-hydrogen) atoms. The highest BCUT2D eigenvalue weighted by molar-refractivity contribution is 7.19. The number of nitrogens with two attached hydrogens (primary N) is 1. The molecule has 0 aliphatic heterocycles. The highest BCUT2D eigenvalue weighted by Crippen LogP contribution is 2.35. The second-order valence-corrected chi connectivity index (χ2v) is 6.91. The van der Waals surface area contributed by atoms with Gasteiger partial charge in [0.15, 0.2) is 0 Å². The van der Waals surface area contributed by atoms with E-state index in [0.717, 1.165) is 33.0 Å². The van der Waals surface area contributed by atoms with E-state index in [2.05, 4.69) is 27.2 Å². The maximum Gasteiger partial charge on any atom is 0.224 e. The van der Waals surface area contributed by atoms with Gasteiger partial charge in [0.1, 0.15) is 10.8 Å². The summed E-state index contributed by atoms with van der Waals surface area (Å²) < 4.78 is 1.02. The van der Waals surface area contributed by atoms with Crippen LogP contribution in [0.5, 0.6) is 0 Å². The average Bonchev–Trinajstić information content (AvgIpc) is 3.07. The number of aryl methyl sites for hydroxylation is 1. The standard InChI is InChI=1S/C13H14ClN5S2/c1-7-8(2-3-15)21-11-10(7)18-13(14)19-12(11)17-6-9-16-4-5-20-9/h4-5H,2-3,6,15H2,1H3,(H,17,18,19). The van der Waals surface area contributed by atoms with Crippen LogP contribution in [-0.2, 0) is 13.0 Å². The Balaban J connectivity index is 1.98. The molecule has 8 heteroatoms. The van der Waals surface area contributed by atoms with Gasteiger partial charge in [0.2, 0.25) is 5.28 Å². The maximum absolute atomic E-state index is 6.05. The van der Waals surface area contributed by atoms with Crippen molar-refractivity contribution < 1.29 is 0 Å². The van der Waals surface area contributed by atoms with E-state index in [9.17, 15) is 0 Å². The second kappa shape index (κ2) is 6.23. The second-order valence-electron chi connectivity index (χ2n) is 4.49. The summed E-state index contributed by atoms with van der Waals surface area (Å²) in [4.78, 5) is 14.2. The number of thiazole rings is 1. The zero-order chi connectivity index (χ0) is 14.8. The smallest absolute Gasteiger partial charge is 0.224 e. The van der Waals surface area contributed by atoms with E-state index < -0.39 is 0 Å². The lowest BCUT2D eigenvalue weighted by molar-refractivity contribution is 0.980. The Bertz CT molecular complexity index is 754. The fraction of sp³-hybridized carbons (Fsp3) is 0.308. The average molecular weight is 340 g/mol. The predicted octanol–water partition coefficient (Wildman–Crippen LogP) is 3.22. The number of fused-ring (bicyclic) bond motifs is 1. The molecule has 0 radical (unpaired) electrons. The molecule has 0 saturated carbocycles. The summed E-state index contributed by atoms with van der Waals surface area (Å²) in [5, 5.41) is 6.52. The van der Waals surface area contributed by atoms with Crippen LogP contribution in [0.15, 0.2) is 11.6 Å². The molecule has 3 heterocycles. The first-order valence-corrected chi connectivity index (χ1v) is 8.54. The van der Waals surface area contributed by atoms with Gasteiger partial charge in [-0.15, -0.1) is 22.7 Å². The summed E-state index contributed by atoms with van der Waals surface area (Å²) in [5.74, 6) is 0.761. The molecule has 3 N–H and O–H groups in total. The van der Waals surface area contributed by atoms with Crippen molar-refractivity contribution in [1.82, 2.24) is 15.0 Å². The van der Waals surface area contributed by atoms with Gasteiger partial charge < -0.3 is 11.1 Å². The molecular formula is C13H14ClN5S2. The van der Waals surface area contributed by atoms with Crippen LogP contribution in [0.4, 0.5) is 5.82 Å². The monoisotopic (exact) mass is 339 g/mol. The lowest BCUT2D eigenvalue weighted by atomic mass is 10.2. The normalized spacial score (nSPS) is 11.2. The van der Waals surface area contributed by atoms with E-state index in [-0.39, 0.29) is 5.28 Å². The Morgan fingerprint density at radius 2 is 2.24 bits per heavy atom. The van der Waals surface area contributed by atoms with Gasteiger partial charge in [-0.05, 0) is 37.1 Å². The zero-order valence-corrected chi connectivity index (χ0v) is 13.8. The third kappa shape index (κ3) is 3.01. The van der Waals surface area contributed by atoms with Crippen LogP contribution < -0.4 is 11.1 Å². The molecule has 0 unspecified atom stereocenters. The predicted molar refractivity (Wildman–Crippen MR) is 89.4 cm³/mol. The van der Waals surface area contributed by atoms with Crippen molar-refractivity contribution in [3.63, 3.8) is 0 Å². The summed E-state index contributed by atoms with van der Waals surface area (Å²) >= 11 is 9.33. The third-order valence-corrected chi connectivity index (χ3v) is 5.40. The van der Waals surface area contributed by atoms with Crippen LogP contribution in [0.1, 0.15) is 15.4 Å². The largest absolute Gasteiger partial charge is 0.362 e. The molecule has 3 aromatic heterocycles. The van der Waals surface area contributed by atoms with Gasteiger partial charge in [0, 0.05) is 16.5 Å². The number of hydrogen-bond acceptors (Lipinski definition) is 7. The van der Waals surface area contributed by atoms with Crippen LogP contribution in [-0.4, -0.2) is 21.5 Å². The molecular weight excluding hydrogens is 326 g/mol. The molecule has 0 spiro atoms. The van der Waals surface area contributed by atoms with E-state index in [4.69, 9.17) is 17.3 Å². The van der Waals surface area contributed by atoms with Crippen molar-refractivity contribution in [3.8, 4) is 0 Å². The lowest BCUT2D eigenvalue weighted by Gasteiger charge is -2.05. The van der Waals surface area contributed by atoms with E-state index in [1.807, 2.05) is 5.38 Å². The Labute approximate surface area is 135 Å². The fourth-order valence-corrected chi connectivity index (χ4v) is 4.05. The first kappa shape index (κ1) is 14.6. The molecule has 0 aliphatic rings. The van der Waals surface area contributed by atoms with Crippen LogP contribution >= 0.6 is 34.3 Å². The van der Waals surface area contributed by atoms with Gasteiger partial charge >= 0.3 is 0 Å². The van der Waals surface area contributed by atoms with Crippen LogP contribution in [0, 0.1) is 6.92 Å². The van der Waals surface area contributed by atoms with E-state index >= 15 is 0 Å². The van der Waals surface area contributed by atoms with Crippen molar-refractivity contribution >= 4 is 50.3 Å². The summed E-state index contributed by atoms with van der Waals surface area (Å²) in [5.41, 5.74) is 7.71. The number of thiophene rings is 1. The molecule has 3 aromatic rings. The summed E-state index contributed by atoms with van der Waals surface area (Å²) in [6.45, 7) is 3.30. The Morgan fingerprint density at radius 3 is 2.95 bits per heavy atom. The number of rotatable bonds is 5. The topological polar surface area (TPSA) is 76.7 Å². The molecule has 0 amide bonds. The Kier molecular flexibility index (Phi) is 4.34. The molecule has 5 nitrogen and oxygen atoms in total. The molecule has 0 bridgehead atoms. The van der Waals surface area contributed by atoms with Crippen molar-refractivity contribution in [3.05, 3.63) is 32.3 Å².